The zero-order valence-electron chi connectivity index (χ0n) is 57.0. The first-order valence-electron chi connectivity index (χ1n) is 35.5. The first-order valence-corrected chi connectivity index (χ1v) is 38.9. The summed E-state index contributed by atoms with van der Waals surface area (Å²) in [7, 11) is 0. The maximum absolute atomic E-state index is 5.12. The third kappa shape index (κ3) is 11.2. The number of hydrogen-bond donors (Lipinski definition) is 0. The summed E-state index contributed by atoms with van der Waals surface area (Å²) in [5, 5.41) is 10.2. The zero-order chi connectivity index (χ0) is 70.0. The van der Waals surface area contributed by atoms with Gasteiger partial charge in [-0.2, -0.15) is 0 Å². The van der Waals surface area contributed by atoms with Crippen LogP contribution in [0.3, 0.4) is 0 Å². The van der Waals surface area contributed by atoms with Gasteiger partial charge in [-0.15, -0.1) is 0 Å². The van der Waals surface area contributed by atoms with Gasteiger partial charge in [0.25, 0.3) is 0 Å². The van der Waals surface area contributed by atoms with Crippen LogP contribution in [0.1, 0.15) is 0 Å². The molecule has 21 aromatic rings. The molecule has 0 saturated carbocycles. The Morgan fingerprint density at radius 1 is 0.189 bits per heavy atom. The summed E-state index contributed by atoms with van der Waals surface area (Å²) >= 11 is 0.347. The van der Waals surface area contributed by atoms with Gasteiger partial charge >= 0.3 is 544 Å². The van der Waals surface area contributed by atoms with Crippen LogP contribution in [0.25, 0.3) is 195 Å². The second-order valence-electron chi connectivity index (χ2n) is 26.5. The van der Waals surface area contributed by atoms with Gasteiger partial charge in [0.15, 0.2) is 0 Å². The number of benzene rings is 15. The summed E-state index contributed by atoms with van der Waals surface area (Å²) in [6.45, 7) is 0. The third-order valence-electron chi connectivity index (χ3n) is 20.1. The molecule has 0 aliphatic heterocycles. The van der Waals surface area contributed by atoms with Crippen LogP contribution in [0.2, 0.25) is 0 Å². The molecule has 0 atom stereocenters. The summed E-state index contributed by atoms with van der Waals surface area (Å²) in [5.74, 6) is 3.99. The Morgan fingerprint density at radius 3 is 1.18 bits per heavy atom. The zero-order valence-corrected chi connectivity index (χ0v) is 60.5. The predicted octanol–water partition coefficient (Wildman–Crippen LogP) is 23.7. The number of nitrogens with zero attached hydrogens (tertiary/aromatic N) is 8. The average molecular weight is 1480 g/mol. The minimum atomic E-state index is 0.110. The molecule has 0 aliphatic carbocycles. The fourth-order valence-corrected chi connectivity index (χ4v) is 20.2. The summed E-state index contributed by atoms with van der Waals surface area (Å²) in [5.41, 5.74) is 20.0. The van der Waals surface area contributed by atoms with Crippen LogP contribution < -0.4 is 0 Å². The molecule has 21 rings (SSSR count). The van der Waals surface area contributed by atoms with Crippen LogP contribution in [0.15, 0.2) is 364 Å². The van der Waals surface area contributed by atoms with Crippen LogP contribution >= 0.6 is 0 Å². The first-order chi connectivity index (χ1) is 52.5. The normalized spacial score (nSPS) is 11.6. The van der Waals surface area contributed by atoms with Gasteiger partial charge in [0.1, 0.15) is 0 Å². The maximum atomic E-state index is 5.12. The fourth-order valence-electron chi connectivity index (χ4n) is 15.1. The molecule has 0 amide bonds. The van der Waals surface area contributed by atoms with Crippen molar-refractivity contribution in [3.05, 3.63) is 364 Å². The number of hydrogen-bond acceptors (Lipinski definition) is 6. The first kappa shape index (κ1) is 62.7. The molecule has 0 radical (unpaired) electrons. The fraction of sp³-hybridized carbons (Fsp3) is 0. The van der Waals surface area contributed by atoms with E-state index in [-0.39, 0.29) is 29.0 Å². The van der Waals surface area contributed by atoms with Gasteiger partial charge in [-0.1, -0.05) is 66.7 Å². The van der Waals surface area contributed by atoms with Gasteiger partial charge in [-0.25, -0.2) is 4.98 Å². The van der Waals surface area contributed by atoms with Crippen LogP contribution in [-0.4, -0.2) is 68.0 Å². The molecule has 0 spiro atoms. The molecule has 496 valence electrons. The van der Waals surface area contributed by atoms with Gasteiger partial charge < -0.3 is 0 Å². The molecule has 8 nitrogen and oxygen atoms in total. The summed E-state index contributed by atoms with van der Waals surface area (Å²) in [6, 6.07) is 129. The second-order valence-corrected chi connectivity index (χ2v) is 30.9. The summed E-state index contributed by atoms with van der Waals surface area (Å²) in [6.07, 6.45) is 0. The van der Waals surface area contributed by atoms with Crippen molar-refractivity contribution in [3.63, 3.8) is 0 Å². The Hall–Kier alpha value is -13.0. The quantitative estimate of drug-likeness (QED) is 0.120. The van der Waals surface area contributed by atoms with Crippen molar-refractivity contribution in [3.8, 4) is 113 Å². The van der Waals surface area contributed by atoms with Gasteiger partial charge in [0.2, 0.25) is 0 Å². The van der Waals surface area contributed by atoms with Crippen molar-refractivity contribution >= 4 is 111 Å². The van der Waals surface area contributed by atoms with Gasteiger partial charge in [-0.3, -0.25) is 0 Å². The molecule has 0 saturated heterocycles. The van der Waals surface area contributed by atoms with E-state index in [1.165, 1.54) is 99.1 Å². The number of para-hydroxylation sites is 3. The minimum absolute atomic E-state index is 0.110. The predicted molar refractivity (Wildman–Crippen MR) is 441 cm³/mol. The van der Waals surface area contributed by atoms with E-state index in [4.69, 9.17) is 29.9 Å². The molecule has 10 heteroatoms. The van der Waals surface area contributed by atoms with E-state index in [1.807, 2.05) is 72.8 Å². The van der Waals surface area contributed by atoms with Gasteiger partial charge in [0, 0.05) is 11.1 Å². The van der Waals surface area contributed by atoms with Crippen molar-refractivity contribution in [2.45, 2.75) is 0 Å². The molecule has 106 heavy (non-hydrogen) atoms. The van der Waals surface area contributed by atoms with Gasteiger partial charge in [0.05, 0.1) is 0 Å². The molecule has 0 unspecified atom stereocenters. The second kappa shape index (κ2) is 26.7. The van der Waals surface area contributed by atoms with Crippen LogP contribution in [0, 0.1) is 0 Å². The summed E-state index contributed by atoms with van der Waals surface area (Å²) < 4.78 is 10.4. The molecular formula is C96H60N8Se2. The monoisotopic (exact) mass is 1480 g/mol. The topological polar surface area (TPSA) is 87.2 Å². The van der Waals surface area contributed by atoms with Crippen LogP contribution in [0.5, 0.6) is 0 Å². The Labute approximate surface area is 622 Å². The van der Waals surface area contributed by atoms with Crippen molar-refractivity contribution in [1.82, 2.24) is 39.0 Å². The van der Waals surface area contributed by atoms with Crippen molar-refractivity contribution in [2.24, 2.45) is 0 Å². The van der Waals surface area contributed by atoms with E-state index in [2.05, 4.69) is 300 Å². The van der Waals surface area contributed by atoms with Gasteiger partial charge in [-0.05, 0) is 0 Å². The number of fused-ring (bicyclic) bond motifs is 12. The molecule has 0 N–H and O–H groups in total. The molecule has 0 aliphatic rings. The molecule has 6 heterocycles. The number of rotatable bonds is 11. The Kier molecular flexibility index (Phi) is 15.8. The third-order valence-corrected chi connectivity index (χ3v) is 25.2. The van der Waals surface area contributed by atoms with E-state index in [9.17, 15) is 0 Å². The Balaban J connectivity index is 0.000000141. The van der Waals surface area contributed by atoms with E-state index in [0.29, 0.717) is 34.9 Å². The summed E-state index contributed by atoms with van der Waals surface area (Å²) in [4.78, 5) is 30.3. The average Bonchev–Trinajstić information content (AvgIpc) is 1.57. The van der Waals surface area contributed by atoms with Crippen molar-refractivity contribution < 1.29 is 0 Å². The van der Waals surface area contributed by atoms with Crippen LogP contribution in [0.4, 0.5) is 0 Å². The Morgan fingerprint density at radius 2 is 0.585 bits per heavy atom. The molecule has 6 aromatic heterocycles. The standard InChI is InChI=1S/C51H32N4Se.C45H28N4Se/c1-4-15-33(16-5-1)38-29-28-37(51-53-49(34-17-6-2-7-18-34)52-50(54-51)35-19-8-3-9-20-35)32-45(38)55-44-25-12-10-21-40(44)41-30-27-36(31-46(41)55)39-23-14-24-43-42-22-11-13-26-47(42)56-48(39)43;1-4-13-29(14-5-1)43-46-44(30-15-6-2-7-16-30)48-45(47-43)36-21-12-20-35-38-28-32(24-26-41(38)50-42(35)36)31-23-25-40-37(27-31)34-19-10-11-22-39(34)49(40)33-17-8-3-9-18-33/h1-32H;1-28H. The Bertz CT molecular complexity index is 6820. The molecule has 0 fully saturated rings. The number of aromatic nitrogens is 8. The van der Waals surface area contributed by atoms with E-state index < -0.39 is 0 Å². The van der Waals surface area contributed by atoms with E-state index in [1.54, 1.807) is 0 Å². The van der Waals surface area contributed by atoms with Crippen molar-refractivity contribution in [2.75, 3.05) is 0 Å². The van der Waals surface area contributed by atoms with E-state index >= 15 is 0 Å². The SMILES string of the molecule is c1ccc(-c2nc(-c3ccccc3)nc(-c3ccc(-c4ccccc4)c(-n4c5ccccc5c5ccc(-c6cccc7c6[se]c6ccccc67)cc54)c3)n2)cc1.c1ccc(-c2nc(-c3ccccc3)nc(-c3cccc4c3[se]c3ccc(-c5ccc6c(c5)c5ccccc5n6-c5ccccc5)cc34)n2)cc1. The molecule has 15 aromatic carbocycles. The van der Waals surface area contributed by atoms with E-state index in [0.717, 1.165) is 61.2 Å². The van der Waals surface area contributed by atoms with Crippen LogP contribution in [-0.2, 0) is 0 Å². The van der Waals surface area contributed by atoms with Crippen molar-refractivity contribution in [1.29, 1.82) is 0 Å². The molecular weight excluding hydrogens is 1420 g/mol. The molecule has 0 bridgehead atoms.